The van der Waals surface area contributed by atoms with Gasteiger partial charge < -0.3 is 16.2 Å². The number of hydrogen-bond donors (Lipinski definition) is 2. The lowest BCUT2D eigenvalue weighted by Crippen LogP contribution is -2.41. The van der Waals surface area contributed by atoms with Crippen molar-refractivity contribution in [1.29, 1.82) is 0 Å². The zero-order chi connectivity index (χ0) is 10.8. The Kier molecular flexibility index (Phi) is 3.08. The molecule has 1 aromatic carbocycles. The fourth-order valence-electron chi connectivity index (χ4n) is 1.24. The average Bonchev–Trinajstić information content (AvgIpc) is 2.18. The molecule has 0 saturated carbocycles. The monoisotopic (exact) mass is 198 g/mol. The molecule has 78 valence electrons. The van der Waals surface area contributed by atoms with E-state index in [9.17, 15) is 4.39 Å². The Morgan fingerprint density at radius 1 is 1.50 bits per heavy atom. The van der Waals surface area contributed by atoms with Crippen molar-refractivity contribution in [2.24, 2.45) is 11.5 Å². The van der Waals surface area contributed by atoms with Crippen LogP contribution in [0.5, 0.6) is 5.75 Å². The summed E-state index contributed by atoms with van der Waals surface area (Å²) in [6, 6.07) is 4.23. The molecule has 1 unspecified atom stereocenters. The van der Waals surface area contributed by atoms with Crippen LogP contribution in [0, 0.1) is 5.82 Å². The standard InChI is InChI=1S/C10H15FN2O/c1-10(13,6-12)8-5-7(11)3-4-9(8)14-2/h3-5H,6,12-13H2,1-2H3. The molecule has 0 aromatic heterocycles. The SMILES string of the molecule is COc1ccc(F)cc1C(C)(N)CN. The van der Waals surface area contributed by atoms with E-state index in [0.29, 0.717) is 11.3 Å². The third kappa shape index (κ3) is 2.02. The lowest BCUT2D eigenvalue weighted by Gasteiger charge is -2.25. The van der Waals surface area contributed by atoms with Gasteiger partial charge in [-0.1, -0.05) is 0 Å². The van der Waals surface area contributed by atoms with Gasteiger partial charge in [-0.05, 0) is 25.1 Å². The second-order valence-corrected chi connectivity index (χ2v) is 3.47. The van der Waals surface area contributed by atoms with E-state index in [1.807, 2.05) is 0 Å². The molecule has 0 saturated heterocycles. The predicted molar refractivity (Wildman–Crippen MR) is 53.5 cm³/mol. The lowest BCUT2D eigenvalue weighted by molar-refractivity contribution is 0.387. The molecule has 4 N–H and O–H groups in total. The molecule has 0 fully saturated rings. The summed E-state index contributed by atoms with van der Waals surface area (Å²) >= 11 is 0. The molecule has 1 aromatic rings. The van der Waals surface area contributed by atoms with E-state index < -0.39 is 5.54 Å². The maximum absolute atomic E-state index is 13.0. The van der Waals surface area contributed by atoms with Crippen LogP contribution in [-0.4, -0.2) is 13.7 Å². The lowest BCUT2D eigenvalue weighted by atomic mass is 9.92. The molecule has 4 heteroatoms. The van der Waals surface area contributed by atoms with Crippen molar-refractivity contribution in [3.05, 3.63) is 29.6 Å². The van der Waals surface area contributed by atoms with Crippen LogP contribution < -0.4 is 16.2 Å². The Morgan fingerprint density at radius 3 is 2.64 bits per heavy atom. The second kappa shape index (κ2) is 3.94. The summed E-state index contributed by atoms with van der Waals surface area (Å²) in [5, 5.41) is 0. The summed E-state index contributed by atoms with van der Waals surface area (Å²) < 4.78 is 18.1. The highest BCUT2D eigenvalue weighted by molar-refractivity contribution is 5.39. The van der Waals surface area contributed by atoms with Gasteiger partial charge >= 0.3 is 0 Å². The van der Waals surface area contributed by atoms with E-state index in [4.69, 9.17) is 16.2 Å². The van der Waals surface area contributed by atoms with E-state index in [-0.39, 0.29) is 12.4 Å². The molecule has 0 aliphatic heterocycles. The van der Waals surface area contributed by atoms with E-state index >= 15 is 0 Å². The number of halogens is 1. The van der Waals surface area contributed by atoms with Gasteiger partial charge in [0.15, 0.2) is 0 Å². The van der Waals surface area contributed by atoms with Crippen molar-refractivity contribution in [3.63, 3.8) is 0 Å². The third-order valence-corrected chi connectivity index (χ3v) is 2.20. The number of nitrogens with two attached hydrogens (primary N) is 2. The van der Waals surface area contributed by atoms with Gasteiger partial charge in [0.05, 0.1) is 12.6 Å². The van der Waals surface area contributed by atoms with Gasteiger partial charge in [-0.15, -0.1) is 0 Å². The van der Waals surface area contributed by atoms with Crippen LogP contribution in [0.2, 0.25) is 0 Å². The molecule has 3 nitrogen and oxygen atoms in total. The van der Waals surface area contributed by atoms with Crippen LogP contribution in [-0.2, 0) is 5.54 Å². The summed E-state index contributed by atoms with van der Waals surface area (Å²) in [6.07, 6.45) is 0. The Labute approximate surface area is 82.9 Å². The number of ether oxygens (including phenoxy) is 1. The quantitative estimate of drug-likeness (QED) is 0.760. The molecule has 0 aliphatic rings. The van der Waals surface area contributed by atoms with E-state index in [0.717, 1.165) is 0 Å². The molecule has 0 aliphatic carbocycles. The van der Waals surface area contributed by atoms with Crippen molar-refractivity contribution in [2.45, 2.75) is 12.5 Å². The summed E-state index contributed by atoms with van der Waals surface area (Å²) in [5.74, 6) is 0.216. The molecule has 0 amide bonds. The maximum Gasteiger partial charge on any atom is 0.124 e. The smallest absolute Gasteiger partial charge is 0.124 e. The van der Waals surface area contributed by atoms with E-state index in [1.165, 1.54) is 19.2 Å². The van der Waals surface area contributed by atoms with Gasteiger partial charge in [0, 0.05) is 12.1 Å². The zero-order valence-electron chi connectivity index (χ0n) is 8.38. The fourth-order valence-corrected chi connectivity index (χ4v) is 1.24. The average molecular weight is 198 g/mol. The molecular weight excluding hydrogens is 183 g/mol. The van der Waals surface area contributed by atoms with E-state index in [2.05, 4.69) is 0 Å². The van der Waals surface area contributed by atoms with Crippen LogP contribution in [0.4, 0.5) is 4.39 Å². The first-order chi connectivity index (χ1) is 6.51. The van der Waals surface area contributed by atoms with Crippen LogP contribution in [0.3, 0.4) is 0 Å². The molecule has 0 heterocycles. The van der Waals surface area contributed by atoms with Gasteiger partial charge in [-0.25, -0.2) is 4.39 Å². The van der Waals surface area contributed by atoms with Crippen LogP contribution in [0.25, 0.3) is 0 Å². The first-order valence-corrected chi connectivity index (χ1v) is 4.34. The Balaban J connectivity index is 3.23. The van der Waals surface area contributed by atoms with Crippen molar-refractivity contribution >= 4 is 0 Å². The van der Waals surface area contributed by atoms with Gasteiger partial charge in [0.2, 0.25) is 0 Å². The zero-order valence-corrected chi connectivity index (χ0v) is 8.38. The van der Waals surface area contributed by atoms with Crippen LogP contribution >= 0.6 is 0 Å². The highest BCUT2D eigenvalue weighted by Crippen LogP contribution is 2.27. The third-order valence-electron chi connectivity index (χ3n) is 2.20. The van der Waals surface area contributed by atoms with Gasteiger partial charge in [0.1, 0.15) is 11.6 Å². The van der Waals surface area contributed by atoms with Gasteiger partial charge in [0.25, 0.3) is 0 Å². The summed E-state index contributed by atoms with van der Waals surface area (Å²) in [7, 11) is 1.52. The van der Waals surface area contributed by atoms with Gasteiger partial charge in [-0.3, -0.25) is 0 Å². The van der Waals surface area contributed by atoms with Crippen molar-refractivity contribution in [1.82, 2.24) is 0 Å². The fraction of sp³-hybridized carbons (Fsp3) is 0.400. The largest absolute Gasteiger partial charge is 0.496 e. The van der Waals surface area contributed by atoms with Crippen LogP contribution in [0.1, 0.15) is 12.5 Å². The van der Waals surface area contributed by atoms with Crippen LogP contribution in [0.15, 0.2) is 18.2 Å². The Hall–Kier alpha value is -1.13. The number of methoxy groups -OCH3 is 1. The highest BCUT2D eigenvalue weighted by Gasteiger charge is 2.23. The number of hydrogen-bond acceptors (Lipinski definition) is 3. The second-order valence-electron chi connectivity index (χ2n) is 3.47. The topological polar surface area (TPSA) is 61.3 Å². The van der Waals surface area contributed by atoms with Crippen molar-refractivity contribution in [2.75, 3.05) is 13.7 Å². The molecule has 0 spiro atoms. The minimum Gasteiger partial charge on any atom is -0.496 e. The van der Waals surface area contributed by atoms with Crippen molar-refractivity contribution < 1.29 is 9.13 Å². The Bertz CT molecular complexity index is 326. The summed E-state index contributed by atoms with van der Waals surface area (Å²) in [5.41, 5.74) is 11.2. The van der Waals surface area contributed by atoms with E-state index in [1.54, 1.807) is 13.0 Å². The minimum atomic E-state index is -0.770. The first kappa shape index (κ1) is 10.9. The first-order valence-electron chi connectivity index (χ1n) is 4.34. The normalized spacial score (nSPS) is 14.9. The molecule has 0 bridgehead atoms. The minimum absolute atomic E-state index is 0.229. The summed E-state index contributed by atoms with van der Waals surface area (Å²) in [6.45, 7) is 1.97. The summed E-state index contributed by atoms with van der Waals surface area (Å²) in [4.78, 5) is 0. The van der Waals surface area contributed by atoms with Crippen molar-refractivity contribution in [3.8, 4) is 5.75 Å². The molecule has 14 heavy (non-hydrogen) atoms. The molecular formula is C10H15FN2O. The Morgan fingerprint density at radius 2 is 2.14 bits per heavy atom. The van der Waals surface area contributed by atoms with Gasteiger partial charge in [-0.2, -0.15) is 0 Å². The predicted octanol–water partition coefficient (Wildman–Crippen LogP) is 0.967. The highest BCUT2D eigenvalue weighted by atomic mass is 19.1. The molecule has 0 radical (unpaired) electrons. The molecule has 1 rings (SSSR count). The maximum atomic E-state index is 13.0. The number of benzene rings is 1. The molecule has 1 atom stereocenters. The number of rotatable bonds is 3.